The summed E-state index contributed by atoms with van der Waals surface area (Å²) in [7, 11) is 0. The molecule has 0 amide bonds. The van der Waals surface area contributed by atoms with E-state index in [1.165, 1.54) is 25.7 Å². The Morgan fingerprint density at radius 3 is 2.77 bits per heavy atom. The van der Waals surface area contributed by atoms with Crippen molar-refractivity contribution in [3.8, 4) is 5.88 Å². The van der Waals surface area contributed by atoms with Gasteiger partial charge >= 0.3 is 6.18 Å². The van der Waals surface area contributed by atoms with E-state index < -0.39 is 11.6 Å². The van der Waals surface area contributed by atoms with Crippen molar-refractivity contribution in [3.63, 3.8) is 0 Å². The van der Waals surface area contributed by atoms with E-state index in [2.05, 4.69) is 44.3 Å². The molecule has 4 saturated heterocycles. The summed E-state index contributed by atoms with van der Waals surface area (Å²) in [5, 5.41) is 11.4. The van der Waals surface area contributed by atoms with Crippen molar-refractivity contribution in [2.75, 3.05) is 32.8 Å². The van der Waals surface area contributed by atoms with Crippen LogP contribution in [0, 0.1) is 17.3 Å². The van der Waals surface area contributed by atoms with Crippen LogP contribution >= 0.6 is 11.9 Å². The van der Waals surface area contributed by atoms with Gasteiger partial charge in [0.05, 0.1) is 23.6 Å². The number of rotatable bonds is 5. The number of ether oxygens (including phenoxy) is 1. The molecule has 5 fully saturated rings. The first-order valence-electron chi connectivity index (χ1n) is 15.3. The zero-order chi connectivity index (χ0) is 28.0. The fourth-order valence-corrected chi connectivity index (χ4v) is 8.35. The molecule has 1 aromatic rings. The van der Waals surface area contributed by atoms with Crippen molar-refractivity contribution in [1.82, 2.24) is 35.2 Å². The molecular formula is C28H46F3N7OS. The van der Waals surface area contributed by atoms with E-state index in [-0.39, 0.29) is 43.7 Å². The number of aromatic nitrogens is 2. The third-order valence-corrected chi connectivity index (χ3v) is 11.0. The number of piperidine rings is 1. The van der Waals surface area contributed by atoms with Crippen LogP contribution in [0.15, 0.2) is 12.3 Å². The van der Waals surface area contributed by atoms with Gasteiger partial charge in [-0.1, -0.05) is 18.4 Å². The predicted molar refractivity (Wildman–Crippen MR) is 150 cm³/mol. The number of nitrogens with zero attached hydrogens (tertiary/aromatic N) is 4. The van der Waals surface area contributed by atoms with E-state index in [0.717, 1.165) is 45.4 Å². The second kappa shape index (κ2) is 11.6. The Morgan fingerprint density at radius 2 is 1.98 bits per heavy atom. The first-order chi connectivity index (χ1) is 19.1. The van der Waals surface area contributed by atoms with Crippen molar-refractivity contribution >= 4 is 11.9 Å². The summed E-state index contributed by atoms with van der Waals surface area (Å²) in [5.41, 5.74) is 2.25. The van der Waals surface area contributed by atoms with E-state index in [1.54, 1.807) is 6.07 Å². The Hall–Kier alpha value is -1.05. The summed E-state index contributed by atoms with van der Waals surface area (Å²) in [6.07, 6.45) is 6.60. The molecule has 7 atom stereocenters. The van der Waals surface area contributed by atoms with Gasteiger partial charge in [0.2, 0.25) is 5.88 Å². The van der Waals surface area contributed by atoms with Gasteiger partial charge in [-0.15, -0.1) is 5.10 Å². The van der Waals surface area contributed by atoms with Gasteiger partial charge in [0.1, 0.15) is 6.17 Å². The fraction of sp³-hybridized carbons (Fsp3) is 0.893. The number of nitrogens with one attached hydrogen (secondary N) is 3. The van der Waals surface area contributed by atoms with E-state index in [1.807, 2.05) is 22.8 Å². The number of fused-ring (bicyclic) bond motifs is 6. The molecule has 1 aliphatic carbocycles. The monoisotopic (exact) mass is 585 g/mol. The van der Waals surface area contributed by atoms with Crippen LogP contribution in [0.3, 0.4) is 0 Å². The molecule has 3 N–H and O–H groups in total. The molecule has 226 valence electrons. The molecule has 0 aromatic carbocycles. The van der Waals surface area contributed by atoms with E-state index in [4.69, 9.17) is 4.74 Å². The molecule has 7 unspecified atom stereocenters. The summed E-state index contributed by atoms with van der Waals surface area (Å²) in [5.74, 6) is 1.58. The Kier molecular flexibility index (Phi) is 8.39. The average molecular weight is 586 g/mol. The quantitative estimate of drug-likeness (QED) is 0.423. The van der Waals surface area contributed by atoms with Crippen molar-refractivity contribution in [2.24, 2.45) is 17.3 Å². The van der Waals surface area contributed by atoms with Gasteiger partial charge in [0.15, 0.2) is 0 Å². The fourth-order valence-electron chi connectivity index (χ4n) is 7.42. The Balaban J connectivity index is 1.11. The van der Waals surface area contributed by atoms with Gasteiger partial charge in [-0.2, -0.15) is 13.2 Å². The Bertz CT molecular complexity index is 1000. The lowest BCUT2D eigenvalue weighted by Gasteiger charge is -2.47. The number of halogens is 3. The second-order valence-corrected chi connectivity index (χ2v) is 14.5. The van der Waals surface area contributed by atoms with Crippen LogP contribution in [0.2, 0.25) is 0 Å². The summed E-state index contributed by atoms with van der Waals surface area (Å²) >= 11 is 1.83. The molecule has 0 radical (unpaired) electrons. The van der Waals surface area contributed by atoms with Crippen LogP contribution in [0.5, 0.6) is 5.88 Å². The predicted octanol–water partition coefficient (Wildman–Crippen LogP) is 4.88. The van der Waals surface area contributed by atoms with E-state index in [0.29, 0.717) is 23.1 Å². The molecule has 8 nitrogen and oxygen atoms in total. The summed E-state index contributed by atoms with van der Waals surface area (Å²) in [6.45, 7) is 9.13. The molecule has 0 spiro atoms. The van der Waals surface area contributed by atoms with Crippen molar-refractivity contribution in [2.45, 2.75) is 107 Å². The largest absolute Gasteiger partial charge is 0.477 e. The van der Waals surface area contributed by atoms with Crippen LogP contribution in [0.1, 0.15) is 84.2 Å². The zero-order valence-corrected chi connectivity index (χ0v) is 24.7. The molecule has 1 saturated carbocycles. The Labute approximate surface area is 240 Å². The standard InChI is InChI=1S/C28H46F3N7OS/c1-26(2)17-20-5-3-4-13-36-14-9-24(35-36)40-32-18-21-6-7-22(33-25(21)37(26)19-20)38-15-8-23(34-38)39-16-12-27(10-11-27)28(29,30)31/h8,15,20-22,24-25,32-33,35H,3-7,9-14,16-19H2,1-2H3. The third kappa shape index (κ3) is 6.32. The molecule has 40 heavy (non-hydrogen) atoms. The van der Waals surface area contributed by atoms with Gasteiger partial charge in [-0.3, -0.25) is 19.6 Å². The maximum atomic E-state index is 13.3. The molecule has 4 bridgehead atoms. The highest BCUT2D eigenvalue weighted by Crippen LogP contribution is 2.59. The highest BCUT2D eigenvalue weighted by molar-refractivity contribution is 7.98. The maximum Gasteiger partial charge on any atom is 0.394 e. The summed E-state index contributed by atoms with van der Waals surface area (Å²) in [6, 6.07) is 1.78. The van der Waals surface area contributed by atoms with Crippen LogP contribution in [0.4, 0.5) is 13.2 Å². The lowest BCUT2D eigenvalue weighted by Crippen LogP contribution is -2.60. The van der Waals surface area contributed by atoms with Crippen LogP contribution in [0.25, 0.3) is 0 Å². The third-order valence-electron chi connectivity index (χ3n) is 10.0. The summed E-state index contributed by atoms with van der Waals surface area (Å²) in [4.78, 5) is 2.71. The zero-order valence-electron chi connectivity index (χ0n) is 23.9. The van der Waals surface area contributed by atoms with Gasteiger partial charge in [0, 0.05) is 49.9 Å². The molecule has 6 rings (SSSR count). The van der Waals surface area contributed by atoms with Gasteiger partial charge in [-0.25, -0.2) is 10.4 Å². The molecule has 5 heterocycles. The first-order valence-corrected chi connectivity index (χ1v) is 16.2. The topological polar surface area (TPSA) is 69.6 Å². The minimum Gasteiger partial charge on any atom is -0.477 e. The maximum absolute atomic E-state index is 13.3. The lowest BCUT2D eigenvalue weighted by atomic mass is 9.90. The van der Waals surface area contributed by atoms with Gasteiger partial charge in [0.25, 0.3) is 0 Å². The van der Waals surface area contributed by atoms with Crippen molar-refractivity contribution in [1.29, 1.82) is 0 Å². The molecule has 12 heteroatoms. The smallest absolute Gasteiger partial charge is 0.394 e. The molecule has 1 aromatic heterocycles. The highest BCUT2D eigenvalue weighted by atomic mass is 32.2. The highest BCUT2D eigenvalue weighted by Gasteiger charge is 2.62. The first kappa shape index (κ1) is 29.0. The number of hydrogen-bond acceptors (Lipinski definition) is 8. The minimum atomic E-state index is -4.15. The van der Waals surface area contributed by atoms with Crippen LogP contribution in [-0.2, 0) is 0 Å². The normalized spacial score (nSPS) is 37.8. The average Bonchev–Trinajstić information content (AvgIpc) is 3.20. The van der Waals surface area contributed by atoms with Crippen molar-refractivity contribution in [3.05, 3.63) is 12.3 Å². The lowest BCUT2D eigenvalue weighted by molar-refractivity contribution is -0.190. The molecular weight excluding hydrogens is 539 g/mol. The minimum absolute atomic E-state index is 0.000573. The summed E-state index contributed by atoms with van der Waals surface area (Å²) < 4.78 is 51.1. The Morgan fingerprint density at radius 1 is 1.12 bits per heavy atom. The number of alkyl halides is 3. The van der Waals surface area contributed by atoms with E-state index >= 15 is 0 Å². The number of hydrazine groups is 1. The van der Waals surface area contributed by atoms with Crippen molar-refractivity contribution < 1.29 is 17.9 Å². The van der Waals surface area contributed by atoms with Crippen LogP contribution in [-0.4, -0.2) is 75.7 Å². The van der Waals surface area contributed by atoms with E-state index in [9.17, 15) is 13.2 Å². The number of hydrogen-bond donors (Lipinski definition) is 3. The van der Waals surface area contributed by atoms with Gasteiger partial charge in [-0.05, 0) is 77.6 Å². The van der Waals surface area contributed by atoms with Gasteiger partial charge < -0.3 is 4.74 Å². The van der Waals surface area contributed by atoms with Crippen LogP contribution < -0.4 is 20.2 Å². The SMILES string of the molecule is CC1(C)CC2CCCCN3CCC(N3)SNCC3CCC(n4ccc(OCCC5(C(F)(F)F)CC5)n4)NC3N1C2. The molecule has 4 aliphatic heterocycles. The molecule has 5 aliphatic rings. The second-order valence-electron chi connectivity index (χ2n) is 13.4.